The van der Waals surface area contributed by atoms with E-state index in [4.69, 9.17) is 0 Å². The maximum atomic E-state index is 13.2. The minimum absolute atomic E-state index is 0.0642. The van der Waals surface area contributed by atoms with Gasteiger partial charge in [-0.1, -0.05) is 60.7 Å². The number of nitriles is 1. The highest BCUT2D eigenvalue weighted by molar-refractivity contribution is 6.09. The van der Waals surface area contributed by atoms with E-state index in [2.05, 4.69) is 11.4 Å². The van der Waals surface area contributed by atoms with Gasteiger partial charge in [-0.15, -0.1) is 0 Å². The summed E-state index contributed by atoms with van der Waals surface area (Å²) >= 11 is 0. The summed E-state index contributed by atoms with van der Waals surface area (Å²) in [5, 5.41) is 14.1. The van der Waals surface area contributed by atoms with Gasteiger partial charge in [0.1, 0.15) is 5.54 Å². The SMILES string of the molecule is CC1(c2cccc3ccccc23)NC(=O)N(Cc2ccccc2C#N)C1=O. The molecule has 0 saturated carbocycles. The van der Waals surface area contributed by atoms with Crippen LogP contribution >= 0.6 is 0 Å². The fourth-order valence-electron chi connectivity index (χ4n) is 3.62. The zero-order valence-corrected chi connectivity index (χ0v) is 14.8. The number of fused-ring (bicyclic) bond motifs is 1. The number of urea groups is 1. The lowest BCUT2D eigenvalue weighted by Gasteiger charge is -2.24. The van der Waals surface area contributed by atoms with Gasteiger partial charge in [0, 0.05) is 0 Å². The minimum Gasteiger partial charge on any atom is -0.319 e. The number of rotatable bonds is 3. The maximum absolute atomic E-state index is 13.2. The van der Waals surface area contributed by atoms with Crippen molar-refractivity contribution in [2.24, 2.45) is 0 Å². The molecule has 5 heteroatoms. The summed E-state index contributed by atoms with van der Waals surface area (Å²) in [6.45, 7) is 1.79. The summed E-state index contributed by atoms with van der Waals surface area (Å²) in [4.78, 5) is 27.0. The molecule has 3 aromatic carbocycles. The van der Waals surface area contributed by atoms with E-state index >= 15 is 0 Å². The summed E-state index contributed by atoms with van der Waals surface area (Å²) in [6.07, 6.45) is 0. The van der Waals surface area contributed by atoms with E-state index in [0.717, 1.165) is 16.3 Å². The van der Waals surface area contributed by atoms with Crippen molar-refractivity contribution in [2.45, 2.75) is 19.0 Å². The molecule has 3 amide bonds. The van der Waals surface area contributed by atoms with Crippen LogP contribution < -0.4 is 5.32 Å². The molecule has 0 radical (unpaired) electrons. The average Bonchev–Trinajstić information content (AvgIpc) is 2.92. The number of hydrogen-bond acceptors (Lipinski definition) is 3. The van der Waals surface area contributed by atoms with Crippen LogP contribution in [-0.2, 0) is 16.9 Å². The van der Waals surface area contributed by atoms with Gasteiger partial charge in [0.05, 0.1) is 18.2 Å². The van der Waals surface area contributed by atoms with Gasteiger partial charge in [0.15, 0.2) is 0 Å². The molecular formula is C22H17N3O2. The van der Waals surface area contributed by atoms with Gasteiger partial charge in [-0.05, 0) is 34.9 Å². The van der Waals surface area contributed by atoms with Gasteiger partial charge >= 0.3 is 6.03 Å². The molecule has 1 heterocycles. The van der Waals surface area contributed by atoms with Crippen LogP contribution in [0.3, 0.4) is 0 Å². The van der Waals surface area contributed by atoms with E-state index in [1.165, 1.54) is 4.90 Å². The Balaban J connectivity index is 1.75. The van der Waals surface area contributed by atoms with Gasteiger partial charge in [-0.25, -0.2) is 4.79 Å². The fraction of sp³-hybridized carbons (Fsp3) is 0.136. The van der Waals surface area contributed by atoms with Crippen molar-refractivity contribution in [3.05, 3.63) is 83.4 Å². The average molecular weight is 355 g/mol. The highest BCUT2D eigenvalue weighted by Crippen LogP contribution is 2.34. The molecule has 1 unspecified atom stereocenters. The number of carbonyl (C=O) groups excluding carboxylic acids is 2. The monoisotopic (exact) mass is 355 g/mol. The van der Waals surface area contributed by atoms with E-state index in [-0.39, 0.29) is 12.5 Å². The van der Waals surface area contributed by atoms with Crippen molar-refractivity contribution >= 4 is 22.7 Å². The largest absolute Gasteiger partial charge is 0.325 e. The van der Waals surface area contributed by atoms with Gasteiger partial charge in [-0.3, -0.25) is 9.69 Å². The number of hydrogen-bond donors (Lipinski definition) is 1. The van der Waals surface area contributed by atoms with E-state index in [0.29, 0.717) is 11.1 Å². The van der Waals surface area contributed by atoms with Crippen LogP contribution in [0.2, 0.25) is 0 Å². The van der Waals surface area contributed by atoms with E-state index in [1.54, 1.807) is 31.2 Å². The third kappa shape index (κ3) is 2.63. The Morgan fingerprint density at radius 2 is 1.70 bits per heavy atom. The lowest BCUT2D eigenvalue weighted by atomic mass is 9.87. The first-order chi connectivity index (χ1) is 13.0. The molecule has 0 bridgehead atoms. The minimum atomic E-state index is -1.15. The molecule has 1 aliphatic heterocycles. The molecule has 1 fully saturated rings. The number of benzene rings is 3. The molecule has 132 valence electrons. The van der Waals surface area contributed by atoms with Crippen molar-refractivity contribution in [3.8, 4) is 6.07 Å². The smallest absolute Gasteiger partial charge is 0.319 e. The summed E-state index contributed by atoms with van der Waals surface area (Å²) < 4.78 is 0. The first-order valence-corrected chi connectivity index (χ1v) is 8.65. The van der Waals surface area contributed by atoms with Crippen LogP contribution in [0.25, 0.3) is 10.8 Å². The molecule has 1 saturated heterocycles. The van der Waals surface area contributed by atoms with Crippen LogP contribution in [0.15, 0.2) is 66.7 Å². The fourth-order valence-corrected chi connectivity index (χ4v) is 3.62. The maximum Gasteiger partial charge on any atom is 0.325 e. The number of carbonyl (C=O) groups is 2. The number of nitrogens with zero attached hydrogens (tertiary/aromatic N) is 2. The third-order valence-electron chi connectivity index (χ3n) is 5.07. The van der Waals surface area contributed by atoms with Crippen LogP contribution in [0.4, 0.5) is 4.79 Å². The first kappa shape index (κ1) is 16.8. The second kappa shape index (κ2) is 6.26. The van der Waals surface area contributed by atoms with Crippen LogP contribution in [0.5, 0.6) is 0 Å². The molecule has 4 rings (SSSR count). The lowest BCUT2D eigenvalue weighted by Crippen LogP contribution is -2.41. The zero-order chi connectivity index (χ0) is 19.0. The molecule has 1 atom stereocenters. The van der Waals surface area contributed by atoms with Crippen LogP contribution in [0, 0.1) is 11.3 Å². The lowest BCUT2D eigenvalue weighted by molar-refractivity contribution is -0.131. The third-order valence-corrected chi connectivity index (χ3v) is 5.07. The number of amides is 3. The Hall–Kier alpha value is -3.65. The van der Waals surface area contributed by atoms with Crippen molar-refractivity contribution in [3.63, 3.8) is 0 Å². The normalized spacial score (nSPS) is 19.2. The highest BCUT2D eigenvalue weighted by atomic mass is 16.2. The van der Waals surface area contributed by atoms with E-state index in [1.807, 2.05) is 42.5 Å². The van der Waals surface area contributed by atoms with Gasteiger partial charge in [-0.2, -0.15) is 5.26 Å². The van der Waals surface area contributed by atoms with E-state index in [9.17, 15) is 14.9 Å². The van der Waals surface area contributed by atoms with Crippen molar-refractivity contribution in [1.29, 1.82) is 5.26 Å². The Morgan fingerprint density at radius 3 is 2.52 bits per heavy atom. The van der Waals surface area contributed by atoms with Crippen LogP contribution in [-0.4, -0.2) is 16.8 Å². The standard InChI is InChI=1S/C22H17N3O2/c1-22(19-12-6-10-15-7-4-5-11-18(15)19)20(26)25(21(27)24-22)14-17-9-3-2-8-16(17)13-23/h2-12H,14H2,1H3,(H,24,27). The van der Waals surface area contributed by atoms with Crippen molar-refractivity contribution < 1.29 is 9.59 Å². The molecule has 0 aliphatic carbocycles. The Bertz CT molecular complexity index is 1110. The second-order valence-electron chi connectivity index (χ2n) is 6.74. The van der Waals surface area contributed by atoms with Gasteiger partial charge in [0.2, 0.25) is 0 Å². The second-order valence-corrected chi connectivity index (χ2v) is 6.74. The van der Waals surface area contributed by atoms with Gasteiger partial charge in [0.25, 0.3) is 5.91 Å². The predicted octanol–water partition coefficient (Wildman–Crippen LogP) is 3.68. The highest BCUT2D eigenvalue weighted by Gasteiger charge is 2.49. The summed E-state index contributed by atoms with van der Waals surface area (Å²) in [5.74, 6) is -0.323. The topological polar surface area (TPSA) is 73.2 Å². The summed E-state index contributed by atoms with van der Waals surface area (Å²) in [5.41, 5.74) is 0.706. The molecule has 0 spiro atoms. The molecule has 1 N–H and O–H groups in total. The molecule has 1 aliphatic rings. The predicted molar refractivity (Wildman–Crippen MR) is 102 cm³/mol. The van der Waals surface area contributed by atoms with Crippen molar-refractivity contribution in [1.82, 2.24) is 10.2 Å². The summed E-state index contributed by atoms with van der Waals surface area (Å²) in [7, 11) is 0. The Labute approximate surface area is 156 Å². The molecule has 0 aromatic heterocycles. The molecular weight excluding hydrogens is 338 g/mol. The van der Waals surface area contributed by atoms with Crippen LogP contribution in [0.1, 0.15) is 23.6 Å². The van der Waals surface area contributed by atoms with Gasteiger partial charge < -0.3 is 5.32 Å². The number of nitrogens with one attached hydrogen (secondary N) is 1. The Kier molecular flexibility index (Phi) is 3.89. The molecule has 5 nitrogen and oxygen atoms in total. The molecule has 3 aromatic rings. The van der Waals surface area contributed by atoms with Crippen molar-refractivity contribution in [2.75, 3.05) is 0 Å². The number of imide groups is 1. The molecule has 27 heavy (non-hydrogen) atoms. The summed E-state index contributed by atoms with van der Waals surface area (Å²) in [6, 6.07) is 22.1. The first-order valence-electron chi connectivity index (χ1n) is 8.65. The Morgan fingerprint density at radius 1 is 1.00 bits per heavy atom. The zero-order valence-electron chi connectivity index (χ0n) is 14.8. The van der Waals surface area contributed by atoms with E-state index < -0.39 is 11.6 Å². The quantitative estimate of drug-likeness (QED) is 0.729.